The molecule has 14 heteroatoms. The monoisotopic (exact) mass is 937 g/mol. The lowest BCUT2D eigenvalue weighted by Crippen LogP contribution is -2.47. The summed E-state index contributed by atoms with van der Waals surface area (Å²) >= 11 is 7.79. The van der Waals surface area contributed by atoms with E-state index in [4.69, 9.17) is 16.3 Å². The van der Waals surface area contributed by atoms with Crippen LogP contribution in [0.1, 0.15) is 62.4 Å². The molecule has 0 aromatic heterocycles. The largest absolute Gasteiger partial charge is 0.446 e. The number of anilines is 2. The summed E-state index contributed by atoms with van der Waals surface area (Å²) in [5, 5.41) is 6.08. The Morgan fingerprint density at radius 2 is 1.63 bits per heavy atom. The first-order chi connectivity index (χ1) is 30.3. The highest BCUT2D eigenvalue weighted by Gasteiger charge is 2.32. The molecule has 2 N–H and O–H groups in total. The van der Waals surface area contributed by atoms with Crippen molar-refractivity contribution in [1.82, 2.24) is 14.5 Å². The number of hydrogen-bond acceptors (Lipinski definition) is 8. The molecule has 338 valence electrons. The van der Waals surface area contributed by atoms with Crippen LogP contribution in [0, 0.1) is 5.41 Å². The molecule has 63 heavy (non-hydrogen) atoms. The average molecular weight is 939 g/mol. The molecule has 0 spiro atoms. The number of hydrogen-bond donors (Lipinski definition) is 2. The van der Waals surface area contributed by atoms with E-state index in [0.717, 1.165) is 87.2 Å². The summed E-state index contributed by atoms with van der Waals surface area (Å²) in [7, 11) is -0.940. The van der Waals surface area contributed by atoms with Gasteiger partial charge in [0.2, 0.25) is 0 Å². The molecule has 4 aromatic rings. The predicted molar refractivity (Wildman–Crippen MR) is 261 cm³/mol. The smallest absolute Gasteiger partial charge is 0.381 e. The summed E-state index contributed by atoms with van der Waals surface area (Å²) < 4.78 is 50.8. The van der Waals surface area contributed by atoms with E-state index < -0.39 is 16.2 Å². The van der Waals surface area contributed by atoms with Gasteiger partial charge in [-0.05, 0) is 133 Å². The molecule has 1 aliphatic carbocycles. The third-order valence-corrected chi connectivity index (χ3v) is 15.8. The minimum atomic E-state index is -4.49. The van der Waals surface area contributed by atoms with E-state index in [1.807, 2.05) is 85.1 Å². The first kappa shape index (κ1) is 47.5. The molecule has 1 amide bonds. The maximum absolute atomic E-state index is 14.1. The summed E-state index contributed by atoms with van der Waals surface area (Å²) in [6, 6.07) is 31.0. The molecule has 7 nitrogen and oxygen atoms in total. The Bertz CT molecular complexity index is 2190. The first-order valence-corrected chi connectivity index (χ1v) is 25.3. The number of rotatable bonds is 16. The van der Waals surface area contributed by atoms with E-state index in [2.05, 4.69) is 50.7 Å². The van der Waals surface area contributed by atoms with Gasteiger partial charge >= 0.3 is 5.51 Å². The molecule has 0 radical (unpaired) electrons. The molecule has 7 rings (SSSR count). The van der Waals surface area contributed by atoms with Gasteiger partial charge in [0.25, 0.3) is 5.91 Å². The molecule has 1 unspecified atom stereocenters. The van der Waals surface area contributed by atoms with Gasteiger partial charge in [-0.2, -0.15) is 13.2 Å². The fraction of sp³-hybridized carbons (Fsp3) is 0.429. The summed E-state index contributed by atoms with van der Waals surface area (Å²) in [6.45, 7) is 15.1. The van der Waals surface area contributed by atoms with E-state index in [-0.39, 0.29) is 34.0 Å². The summed E-state index contributed by atoms with van der Waals surface area (Å²) in [4.78, 5) is 22.7. The molecule has 2 fully saturated rings. The zero-order chi connectivity index (χ0) is 44.4. The predicted octanol–water partition coefficient (Wildman–Crippen LogP) is 11.8. The molecule has 0 saturated carbocycles. The molecule has 0 bridgehead atoms. The van der Waals surface area contributed by atoms with Crippen LogP contribution in [-0.4, -0.2) is 104 Å². The molecule has 3 aliphatic rings. The molecule has 4 aromatic carbocycles. The van der Waals surface area contributed by atoms with Gasteiger partial charge in [-0.15, -0.1) is 11.8 Å². The van der Waals surface area contributed by atoms with Gasteiger partial charge in [-0.3, -0.25) is 19.3 Å². The Morgan fingerprint density at radius 3 is 2.32 bits per heavy atom. The lowest BCUT2D eigenvalue weighted by atomic mass is 9.73. The van der Waals surface area contributed by atoms with Crippen molar-refractivity contribution in [3.63, 3.8) is 0 Å². The van der Waals surface area contributed by atoms with E-state index in [1.54, 1.807) is 23.9 Å². The van der Waals surface area contributed by atoms with Gasteiger partial charge in [-0.25, -0.2) is 0 Å². The number of alkyl halides is 3. The van der Waals surface area contributed by atoms with Gasteiger partial charge in [-0.1, -0.05) is 72.0 Å². The van der Waals surface area contributed by atoms with Crippen LogP contribution in [0.4, 0.5) is 24.5 Å². The van der Waals surface area contributed by atoms with Crippen LogP contribution in [0.5, 0.6) is 0 Å². The van der Waals surface area contributed by atoms with Gasteiger partial charge in [0.05, 0.1) is 13.2 Å². The van der Waals surface area contributed by atoms with Crippen molar-refractivity contribution in [2.75, 3.05) is 81.5 Å². The molecule has 2 heterocycles. The SMILES string of the molecule is C/C=S(/NC(=O)c1ccc(N2CCN(CC3=C(c4ccc(Cl)cc4)CCC(C)(C)C3)CC2)cc1)c1ccc(N[C@H](CCN2CCOCC2)CSc2ccccc2)c(SC(F)(F)F)c1. The van der Waals surface area contributed by atoms with Crippen LogP contribution in [0.2, 0.25) is 5.02 Å². The number of benzene rings is 4. The Labute approximate surface area is 387 Å². The van der Waals surface area contributed by atoms with E-state index in [1.165, 1.54) is 23.1 Å². The molecular formula is C49H59ClF3N5O2S3. The van der Waals surface area contributed by atoms with Crippen LogP contribution in [-0.2, 0) is 4.74 Å². The van der Waals surface area contributed by atoms with E-state index in [9.17, 15) is 18.0 Å². The van der Waals surface area contributed by atoms with Crippen molar-refractivity contribution >= 4 is 74.0 Å². The number of carbonyl (C=O) groups is 1. The summed E-state index contributed by atoms with van der Waals surface area (Å²) in [5.41, 5.74) is 2.06. The Kier molecular flexibility index (Phi) is 16.7. The average Bonchev–Trinajstić information content (AvgIpc) is 3.27. The highest BCUT2D eigenvalue weighted by molar-refractivity contribution is 8.13. The maximum atomic E-state index is 14.1. The summed E-state index contributed by atoms with van der Waals surface area (Å²) in [5.74, 6) is 0.412. The van der Waals surface area contributed by atoms with Crippen molar-refractivity contribution in [2.45, 2.75) is 72.7 Å². The fourth-order valence-corrected chi connectivity index (χ4v) is 11.6. The fourth-order valence-electron chi connectivity index (χ4n) is 8.50. The number of ether oxygens (including phenoxy) is 1. The van der Waals surface area contributed by atoms with Crippen LogP contribution < -0.4 is 14.9 Å². The molecule has 2 aliphatic heterocycles. The lowest BCUT2D eigenvalue weighted by molar-refractivity contribution is -0.0328. The zero-order valence-corrected chi connectivity index (χ0v) is 39.6. The quantitative estimate of drug-likeness (QED) is 0.0851. The van der Waals surface area contributed by atoms with Crippen molar-refractivity contribution in [2.24, 2.45) is 5.41 Å². The number of nitrogens with one attached hydrogen (secondary N) is 2. The zero-order valence-electron chi connectivity index (χ0n) is 36.4. The molecule has 2 saturated heterocycles. The van der Waals surface area contributed by atoms with Crippen molar-refractivity contribution < 1.29 is 22.7 Å². The van der Waals surface area contributed by atoms with Gasteiger partial charge in [0, 0.05) is 101 Å². The third-order valence-electron chi connectivity index (χ3n) is 12.0. The second-order valence-corrected chi connectivity index (χ2v) is 21.6. The number of allylic oxidation sites excluding steroid dienone is 1. The number of morpholine rings is 1. The van der Waals surface area contributed by atoms with Gasteiger partial charge < -0.3 is 15.0 Å². The number of nitrogens with zero attached hydrogens (tertiary/aromatic N) is 3. The Balaban J connectivity index is 0.979. The number of carbonyl (C=O) groups excluding carboxylic acids is 1. The normalized spacial score (nSPS) is 18.6. The first-order valence-electron chi connectivity index (χ1n) is 21.8. The van der Waals surface area contributed by atoms with Crippen molar-refractivity contribution in [3.05, 3.63) is 119 Å². The van der Waals surface area contributed by atoms with Crippen LogP contribution in [0.15, 0.2) is 117 Å². The van der Waals surface area contributed by atoms with E-state index >= 15 is 0 Å². The third kappa shape index (κ3) is 14.0. The van der Waals surface area contributed by atoms with E-state index in [0.29, 0.717) is 35.1 Å². The second kappa shape index (κ2) is 22.2. The van der Waals surface area contributed by atoms with Crippen LogP contribution >= 0.6 is 45.8 Å². The number of amides is 1. The topological polar surface area (TPSA) is 60.1 Å². The maximum Gasteiger partial charge on any atom is 0.446 e. The number of piperazine rings is 1. The van der Waals surface area contributed by atoms with Crippen molar-refractivity contribution in [1.29, 1.82) is 0 Å². The number of halogens is 4. The minimum Gasteiger partial charge on any atom is -0.381 e. The van der Waals surface area contributed by atoms with Crippen LogP contribution in [0.3, 0.4) is 0 Å². The standard InChI is InChI=1S/C49H59ClF3N5O2S3/c1-4-63(43-18-19-45(46(32-43)62-49(51,52)53)54-40(21-23-56-28-30-60-31-29-56)35-61-42-8-6-5-7-9-42)55-47(59)37-12-16-41(17-13-37)58-26-24-57(25-27-58)34-38-33-48(2,3)22-20-44(38)36-10-14-39(50)15-11-36/h4-19,32,40,54H,20-31,33-35H2,1-3H3,(H,55,59)/t40-,63?/m1/s1. The molecular weight excluding hydrogens is 879 g/mol. The van der Waals surface area contributed by atoms with Crippen LogP contribution in [0.25, 0.3) is 5.57 Å². The Hall–Kier alpha value is -3.43. The van der Waals surface area contributed by atoms with Gasteiger partial charge in [0.15, 0.2) is 0 Å². The Morgan fingerprint density at radius 1 is 0.921 bits per heavy atom. The highest BCUT2D eigenvalue weighted by Crippen LogP contribution is 2.44. The second-order valence-electron chi connectivity index (χ2n) is 17.2. The lowest BCUT2D eigenvalue weighted by Gasteiger charge is -2.39. The van der Waals surface area contributed by atoms with Crippen molar-refractivity contribution in [3.8, 4) is 0 Å². The van der Waals surface area contributed by atoms with Gasteiger partial charge in [0.1, 0.15) is 0 Å². The minimum absolute atomic E-state index is 0.0835. The summed E-state index contributed by atoms with van der Waals surface area (Å²) in [6.07, 6.45) is 4.11. The number of thioether (sulfide) groups is 2. The molecule has 2 atom stereocenters. The highest BCUT2D eigenvalue weighted by atomic mass is 35.5.